The van der Waals surface area contributed by atoms with Crippen LogP contribution in [0.5, 0.6) is 0 Å². The molecule has 0 aliphatic heterocycles. The van der Waals surface area contributed by atoms with Crippen molar-refractivity contribution in [3.05, 3.63) is 23.1 Å². The monoisotopic (exact) mass is 288 g/mol. The highest BCUT2D eigenvalue weighted by Crippen LogP contribution is 2.15. The minimum atomic E-state index is -0.150. The first-order valence-corrected chi connectivity index (χ1v) is 6.60. The van der Waals surface area contributed by atoms with Crippen LogP contribution in [-0.4, -0.2) is 63.2 Å². The van der Waals surface area contributed by atoms with Crippen molar-refractivity contribution in [2.24, 2.45) is 0 Å². The molecule has 1 amide bonds. The van der Waals surface area contributed by atoms with E-state index in [1.165, 1.54) is 0 Å². The van der Waals surface area contributed by atoms with E-state index in [9.17, 15) is 4.79 Å². The summed E-state index contributed by atoms with van der Waals surface area (Å²) >= 11 is 5.69. The van der Waals surface area contributed by atoms with Crippen molar-refractivity contribution in [1.29, 1.82) is 0 Å². The van der Waals surface area contributed by atoms with Gasteiger partial charge in [-0.15, -0.1) is 0 Å². The normalized spacial score (nSPS) is 11.0. The Labute approximate surface area is 119 Å². The minimum Gasteiger partial charge on any atom is -0.440 e. The van der Waals surface area contributed by atoms with Crippen LogP contribution >= 0.6 is 11.6 Å². The van der Waals surface area contributed by atoms with Gasteiger partial charge in [0.1, 0.15) is 0 Å². The largest absolute Gasteiger partial charge is 0.440 e. The van der Waals surface area contributed by atoms with Gasteiger partial charge in [-0.3, -0.25) is 4.79 Å². The first kappa shape index (κ1) is 16.0. The molecule has 5 nitrogen and oxygen atoms in total. The van der Waals surface area contributed by atoms with Crippen molar-refractivity contribution in [3.8, 4) is 0 Å². The Morgan fingerprint density at radius 3 is 2.58 bits per heavy atom. The van der Waals surface area contributed by atoms with E-state index in [4.69, 9.17) is 20.8 Å². The van der Waals surface area contributed by atoms with Crippen LogP contribution in [0.25, 0.3) is 0 Å². The quantitative estimate of drug-likeness (QED) is 0.734. The first-order valence-electron chi connectivity index (χ1n) is 6.23. The van der Waals surface area contributed by atoms with Gasteiger partial charge in [0.15, 0.2) is 11.0 Å². The number of furan rings is 1. The molecule has 1 aromatic rings. The molecule has 0 saturated heterocycles. The second-order valence-electron chi connectivity index (χ2n) is 4.55. The second kappa shape index (κ2) is 8.19. The van der Waals surface area contributed by atoms with Crippen LogP contribution in [0.2, 0.25) is 5.22 Å². The molecule has 1 aromatic heterocycles. The van der Waals surface area contributed by atoms with Crippen molar-refractivity contribution < 1.29 is 13.9 Å². The lowest BCUT2D eigenvalue weighted by Crippen LogP contribution is -2.35. The molecule has 0 unspecified atom stereocenters. The molecule has 6 heteroatoms. The fourth-order valence-corrected chi connectivity index (χ4v) is 1.83. The lowest BCUT2D eigenvalue weighted by Gasteiger charge is -2.22. The van der Waals surface area contributed by atoms with Crippen LogP contribution in [0.3, 0.4) is 0 Å². The number of halogens is 1. The number of methoxy groups -OCH3 is 1. The SMILES string of the molecule is COCCN(CCCN(C)C)C(=O)c1ccc(Cl)o1. The zero-order valence-corrected chi connectivity index (χ0v) is 12.4. The lowest BCUT2D eigenvalue weighted by molar-refractivity contribution is 0.0658. The summed E-state index contributed by atoms with van der Waals surface area (Å²) in [5.74, 6) is 0.119. The van der Waals surface area contributed by atoms with E-state index in [0.717, 1.165) is 13.0 Å². The number of rotatable bonds is 8. The summed E-state index contributed by atoms with van der Waals surface area (Å²) in [5.41, 5.74) is 0. The van der Waals surface area contributed by atoms with E-state index in [0.29, 0.717) is 19.7 Å². The van der Waals surface area contributed by atoms with Crippen LogP contribution < -0.4 is 0 Å². The number of hydrogen-bond acceptors (Lipinski definition) is 4. The van der Waals surface area contributed by atoms with Crippen LogP contribution in [0, 0.1) is 0 Å². The fourth-order valence-electron chi connectivity index (χ4n) is 1.68. The van der Waals surface area contributed by atoms with Gasteiger partial charge < -0.3 is 19.0 Å². The second-order valence-corrected chi connectivity index (χ2v) is 4.92. The zero-order valence-electron chi connectivity index (χ0n) is 11.7. The number of nitrogens with zero attached hydrogens (tertiary/aromatic N) is 2. The molecule has 0 aliphatic carbocycles. The molecule has 1 heterocycles. The van der Waals surface area contributed by atoms with Crippen molar-refractivity contribution in [1.82, 2.24) is 9.80 Å². The smallest absolute Gasteiger partial charge is 0.289 e. The summed E-state index contributed by atoms with van der Waals surface area (Å²) in [6, 6.07) is 3.17. The molecule has 0 radical (unpaired) electrons. The van der Waals surface area contributed by atoms with E-state index in [1.54, 1.807) is 24.1 Å². The highest BCUT2D eigenvalue weighted by Gasteiger charge is 2.18. The first-order chi connectivity index (χ1) is 9.04. The zero-order chi connectivity index (χ0) is 14.3. The van der Waals surface area contributed by atoms with Gasteiger partial charge in [0, 0.05) is 20.2 Å². The number of ether oxygens (including phenoxy) is 1. The van der Waals surface area contributed by atoms with Crippen molar-refractivity contribution >= 4 is 17.5 Å². The number of hydrogen-bond donors (Lipinski definition) is 0. The van der Waals surface area contributed by atoms with Gasteiger partial charge in [-0.1, -0.05) is 0 Å². The van der Waals surface area contributed by atoms with Gasteiger partial charge in [-0.25, -0.2) is 0 Å². The third-order valence-corrected chi connectivity index (χ3v) is 2.87. The Morgan fingerprint density at radius 2 is 2.05 bits per heavy atom. The molecule has 108 valence electrons. The Bertz CT molecular complexity index is 393. The maximum Gasteiger partial charge on any atom is 0.289 e. The molecule has 0 N–H and O–H groups in total. The van der Waals surface area contributed by atoms with E-state index in [1.807, 2.05) is 14.1 Å². The van der Waals surface area contributed by atoms with Gasteiger partial charge >= 0.3 is 0 Å². The van der Waals surface area contributed by atoms with Gasteiger partial charge in [0.25, 0.3) is 5.91 Å². The predicted molar refractivity (Wildman–Crippen MR) is 74.7 cm³/mol. The molecule has 0 aromatic carbocycles. The number of amides is 1. The summed E-state index contributed by atoms with van der Waals surface area (Å²) in [4.78, 5) is 16.1. The van der Waals surface area contributed by atoms with Gasteiger partial charge in [-0.2, -0.15) is 0 Å². The molecule has 0 fully saturated rings. The average Bonchev–Trinajstić information content (AvgIpc) is 2.79. The van der Waals surface area contributed by atoms with Crippen molar-refractivity contribution in [3.63, 3.8) is 0 Å². The average molecular weight is 289 g/mol. The van der Waals surface area contributed by atoms with Gasteiger partial charge in [-0.05, 0) is 50.8 Å². The maximum absolute atomic E-state index is 12.2. The van der Waals surface area contributed by atoms with Crippen LogP contribution in [0.1, 0.15) is 17.0 Å². The fraction of sp³-hybridized carbons (Fsp3) is 0.615. The molecule has 0 atom stereocenters. The Kier molecular flexibility index (Phi) is 6.91. The minimum absolute atomic E-state index is 0.150. The van der Waals surface area contributed by atoms with E-state index >= 15 is 0 Å². The molecule has 0 saturated carbocycles. The highest BCUT2D eigenvalue weighted by molar-refractivity contribution is 6.29. The number of carbonyl (C=O) groups excluding carboxylic acids is 1. The van der Waals surface area contributed by atoms with Crippen LogP contribution in [0.4, 0.5) is 0 Å². The van der Waals surface area contributed by atoms with Crippen molar-refractivity contribution in [2.75, 3.05) is 47.4 Å². The van der Waals surface area contributed by atoms with E-state index in [-0.39, 0.29) is 16.9 Å². The van der Waals surface area contributed by atoms with Crippen molar-refractivity contribution in [2.45, 2.75) is 6.42 Å². The Hall–Kier alpha value is -1.04. The highest BCUT2D eigenvalue weighted by atomic mass is 35.5. The van der Waals surface area contributed by atoms with E-state index < -0.39 is 0 Å². The lowest BCUT2D eigenvalue weighted by atomic mass is 10.3. The Balaban J connectivity index is 2.59. The third-order valence-electron chi connectivity index (χ3n) is 2.67. The standard InChI is InChI=1S/C13H21ClN2O3/c1-15(2)7-4-8-16(9-10-18-3)13(17)11-5-6-12(14)19-11/h5-6H,4,7-10H2,1-3H3. The molecular weight excluding hydrogens is 268 g/mol. The summed E-state index contributed by atoms with van der Waals surface area (Å²) in [7, 11) is 5.63. The maximum atomic E-state index is 12.2. The summed E-state index contributed by atoms with van der Waals surface area (Å²) in [5, 5.41) is 0.225. The van der Waals surface area contributed by atoms with Gasteiger partial charge in [0.05, 0.1) is 6.61 Å². The van der Waals surface area contributed by atoms with Gasteiger partial charge in [0.2, 0.25) is 0 Å². The summed E-state index contributed by atoms with van der Waals surface area (Å²) in [6.45, 7) is 2.64. The molecular formula is C13H21ClN2O3. The molecule has 19 heavy (non-hydrogen) atoms. The Morgan fingerprint density at radius 1 is 1.32 bits per heavy atom. The van der Waals surface area contributed by atoms with E-state index in [2.05, 4.69) is 4.90 Å². The van der Waals surface area contributed by atoms with Crippen LogP contribution in [0.15, 0.2) is 16.5 Å². The summed E-state index contributed by atoms with van der Waals surface area (Å²) < 4.78 is 10.2. The molecule has 0 aliphatic rings. The third kappa shape index (κ3) is 5.63. The molecule has 1 rings (SSSR count). The molecule has 0 bridgehead atoms. The topological polar surface area (TPSA) is 45.9 Å². The number of carbonyl (C=O) groups is 1. The molecule has 0 spiro atoms. The summed E-state index contributed by atoms with van der Waals surface area (Å²) in [6.07, 6.45) is 0.900. The van der Waals surface area contributed by atoms with Crippen LogP contribution in [-0.2, 0) is 4.74 Å². The predicted octanol–water partition coefficient (Wildman–Crippen LogP) is 1.97.